The number of nitrogens with one attached hydrogen (secondary N) is 1. The summed E-state index contributed by atoms with van der Waals surface area (Å²) in [5.74, 6) is 1.27. The molecule has 11 heteroatoms. The predicted molar refractivity (Wildman–Crippen MR) is 129 cm³/mol. The number of anilines is 2. The number of aliphatic hydroxyl groups is 1. The summed E-state index contributed by atoms with van der Waals surface area (Å²) < 4.78 is 25.4. The van der Waals surface area contributed by atoms with Gasteiger partial charge in [-0.2, -0.15) is 10.6 Å². The van der Waals surface area contributed by atoms with Crippen molar-refractivity contribution < 1.29 is 23.7 Å². The van der Waals surface area contributed by atoms with Crippen molar-refractivity contribution in [2.75, 3.05) is 55.9 Å². The Morgan fingerprint density at radius 3 is 2.42 bits per heavy atom. The zero-order valence-electron chi connectivity index (χ0n) is 18.7. The highest BCUT2D eigenvalue weighted by atomic mass is 32.3. The molecule has 180 valence electrons. The maximum Gasteiger partial charge on any atom is 0.321 e. The number of hydrogen-bond donors (Lipinski definition) is 4. The summed E-state index contributed by atoms with van der Waals surface area (Å²) >= 11 is 0. The molecule has 2 aliphatic rings. The zero-order valence-corrected chi connectivity index (χ0v) is 19.5. The smallest absolute Gasteiger partial charge is 0.321 e. The Labute approximate surface area is 194 Å². The minimum Gasteiger partial charge on any atom is -0.393 e. The molecule has 10 nitrogen and oxygen atoms in total. The van der Waals surface area contributed by atoms with Crippen LogP contribution in [0.25, 0.3) is 11.4 Å². The number of morpholine rings is 1. The molecular weight excluding hydrogens is 446 g/mol. The second-order valence-corrected chi connectivity index (χ2v) is 10.8. The van der Waals surface area contributed by atoms with Crippen LogP contribution < -0.4 is 10.2 Å². The van der Waals surface area contributed by atoms with Crippen LogP contribution in [0, 0.1) is 0 Å². The molecule has 3 heterocycles. The normalized spacial score (nSPS) is 18.3. The van der Waals surface area contributed by atoms with E-state index in [4.69, 9.17) is 9.72 Å². The first kappa shape index (κ1) is 23.7. The molecule has 1 aromatic carbocycles. The monoisotopic (exact) mass is 477 g/mol. The second-order valence-electron chi connectivity index (χ2n) is 8.50. The van der Waals surface area contributed by atoms with Gasteiger partial charge in [-0.25, -0.2) is 14.8 Å². The summed E-state index contributed by atoms with van der Waals surface area (Å²) in [6, 6.07) is 8.88. The van der Waals surface area contributed by atoms with Crippen molar-refractivity contribution in [2.45, 2.75) is 24.7 Å². The molecule has 2 aromatic rings. The van der Waals surface area contributed by atoms with Crippen molar-refractivity contribution in [3.8, 4) is 11.4 Å². The van der Waals surface area contributed by atoms with E-state index in [-0.39, 0.29) is 17.9 Å². The Balaban J connectivity index is 1.52. The van der Waals surface area contributed by atoms with Crippen molar-refractivity contribution in [2.24, 2.45) is 0 Å². The van der Waals surface area contributed by atoms with Crippen LogP contribution >= 0.6 is 10.6 Å². The lowest BCUT2D eigenvalue weighted by Gasteiger charge is -2.30. The number of amides is 2. The fourth-order valence-corrected chi connectivity index (χ4v) is 4.60. The van der Waals surface area contributed by atoms with Crippen molar-refractivity contribution in [3.63, 3.8) is 0 Å². The van der Waals surface area contributed by atoms with Crippen LogP contribution in [-0.4, -0.2) is 86.9 Å². The van der Waals surface area contributed by atoms with Crippen LogP contribution in [0.1, 0.15) is 18.5 Å². The Kier molecular flexibility index (Phi) is 7.35. The van der Waals surface area contributed by atoms with E-state index < -0.39 is 10.6 Å². The van der Waals surface area contributed by atoms with Gasteiger partial charge in [0.25, 0.3) is 0 Å². The van der Waals surface area contributed by atoms with Crippen LogP contribution in [0.2, 0.25) is 0 Å². The zero-order chi connectivity index (χ0) is 23.4. The lowest BCUT2D eigenvalue weighted by Crippen LogP contribution is -2.42. The molecule has 4 N–H and O–H groups in total. The minimum atomic E-state index is -2.76. The van der Waals surface area contributed by atoms with Gasteiger partial charge in [0.1, 0.15) is 5.82 Å². The SMILES string of the molecule is CS(O)(O)Cc1cc(N2CCOCC2)nc(-c2ccc(NC(=O)N3CCC(O)CC3)cc2)n1. The number of benzene rings is 1. The number of urea groups is 1. The Bertz CT molecular complexity index is 955. The summed E-state index contributed by atoms with van der Waals surface area (Å²) in [5, 5.41) is 12.5. The molecule has 0 atom stereocenters. The van der Waals surface area contributed by atoms with Gasteiger partial charge in [0.15, 0.2) is 5.82 Å². The van der Waals surface area contributed by atoms with Gasteiger partial charge in [-0.1, -0.05) is 0 Å². The molecule has 1 aromatic heterocycles. The van der Waals surface area contributed by atoms with E-state index in [9.17, 15) is 19.0 Å². The van der Waals surface area contributed by atoms with E-state index >= 15 is 0 Å². The molecule has 0 radical (unpaired) electrons. The molecule has 0 aliphatic carbocycles. The largest absolute Gasteiger partial charge is 0.393 e. The Hall–Kier alpha value is -2.44. The Morgan fingerprint density at radius 2 is 1.79 bits per heavy atom. The van der Waals surface area contributed by atoms with Gasteiger partial charge in [-0.15, -0.1) is 0 Å². The van der Waals surface area contributed by atoms with Gasteiger partial charge < -0.3 is 25.0 Å². The quantitative estimate of drug-likeness (QED) is 0.517. The van der Waals surface area contributed by atoms with Crippen molar-refractivity contribution in [3.05, 3.63) is 36.0 Å². The number of piperidine rings is 1. The van der Waals surface area contributed by atoms with E-state index in [0.717, 1.165) is 11.4 Å². The summed E-state index contributed by atoms with van der Waals surface area (Å²) in [7, 11) is -2.76. The predicted octanol–water partition coefficient (Wildman–Crippen LogP) is 2.85. The molecule has 0 unspecified atom stereocenters. The molecule has 0 spiro atoms. The van der Waals surface area contributed by atoms with Crippen molar-refractivity contribution in [1.29, 1.82) is 0 Å². The number of carbonyl (C=O) groups is 1. The number of carbonyl (C=O) groups excluding carboxylic acids is 1. The highest BCUT2D eigenvalue weighted by molar-refractivity contribution is 8.23. The third-order valence-electron chi connectivity index (χ3n) is 5.67. The molecule has 2 saturated heterocycles. The van der Waals surface area contributed by atoms with Crippen LogP contribution in [0.4, 0.5) is 16.3 Å². The van der Waals surface area contributed by atoms with Gasteiger partial charge in [0.2, 0.25) is 0 Å². The van der Waals surface area contributed by atoms with Crippen LogP contribution in [0.15, 0.2) is 30.3 Å². The first-order valence-corrected chi connectivity index (χ1v) is 13.2. The second kappa shape index (κ2) is 10.2. The first-order valence-electron chi connectivity index (χ1n) is 11.0. The molecule has 2 amide bonds. The number of likely N-dealkylation sites (tertiary alicyclic amines) is 1. The lowest BCUT2D eigenvalue weighted by molar-refractivity contribution is 0.0972. The maximum atomic E-state index is 12.5. The minimum absolute atomic E-state index is 0.0541. The number of ether oxygens (including phenoxy) is 1. The number of nitrogens with zero attached hydrogens (tertiary/aromatic N) is 4. The van der Waals surface area contributed by atoms with E-state index in [1.807, 2.05) is 12.1 Å². The third-order valence-corrected chi connectivity index (χ3v) is 6.51. The number of aromatic nitrogens is 2. The standard InChI is InChI=1S/C22H31N5O5S/c1-33(30,31)15-18-14-20(26-10-12-32-13-11-26)25-21(23-18)16-2-4-17(5-3-16)24-22(29)27-8-6-19(28)7-9-27/h2-5,14,19,28,30-31H,6-13,15H2,1H3,(H,24,29). The van der Waals surface area contributed by atoms with Crippen LogP contribution in [0.3, 0.4) is 0 Å². The summed E-state index contributed by atoms with van der Waals surface area (Å²) in [6.07, 6.45) is 2.26. The molecule has 0 bridgehead atoms. The molecule has 2 fully saturated rings. The highest BCUT2D eigenvalue weighted by Crippen LogP contribution is 2.38. The summed E-state index contributed by atoms with van der Waals surface area (Å²) in [5.41, 5.74) is 1.98. The van der Waals surface area contributed by atoms with Gasteiger partial charge in [0.05, 0.1) is 30.8 Å². The van der Waals surface area contributed by atoms with Gasteiger partial charge in [-0.05, 0) is 37.1 Å². The maximum absolute atomic E-state index is 12.5. The number of rotatable bonds is 5. The lowest BCUT2D eigenvalue weighted by atomic mass is 10.1. The van der Waals surface area contributed by atoms with Gasteiger partial charge in [0, 0.05) is 49.8 Å². The fourth-order valence-electron chi connectivity index (χ4n) is 3.89. The van der Waals surface area contributed by atoms with Gasteiger partial charge in [-0.3, -0.25) is 9.11 Å². The topological polar surface area (TPSA) is 131 Å². The molecular formula is C22H31N5O5S. The number of aliphatic hydroxyl groups excluding tert-OH is 1. The van der Waals surface area contributed by atoms with E-state index in [0.29, 0.717) is 69.4 Å². The first-order chi connectivity index (χ1) is 15.8. The van der Waals surface area contributed by atoms with E-state index in [1.54, 1.807) is 23.1 Å². The summed E-state index contributed by atoms with van der Waals surface area (Å²) in [4.78, 5) is 25.6. The molecule has 4 rings (SSSR count). The average molecular weight is 478 g/mol. The Morgan fingerprint density at radius 1 is 1.12 bits per heavy atom. The molecule has 2 aliphatic heterocycles. The van der Waals surface area contributed by atoms with E-state index in [1.165, 1.54) is 6.26 Å². The van der Waals surface area contributed by atoms with Gasteiger partial charge >= 0.3 is 6.03 Å². The number of hydrogen-bond acceptors (Lipinski definition) is 8. The molecule has 0 saturated carbocycles. The highest BCUT2D eigenvalue weighted by Gasteiger charge is 2.21. The van der Waals surface area contributed by atoms with Crippen molar-refractivity contribution in [1.82, 2.24) is 14.9 Å². The van der Waals surface area contributed by atoms with Crippen LogP contribution in [0.5, 0.6) is 0 Å². The van der Waals surface area contributed by atoms with Crippen LogP contribution in [-0.2, 0) is 10.5 Å². The fraction of sp³-hybridized carbons (Fsp3) is 0.500. The third kappa shape index (κ3) is 6.55. The van der Waals surface area contributed by atoms with E-state index in [2.05, 4.69) is 15.2 Å². The summed E-state index contributed by atoms with van der Waals surface area (Å²) in [6.45, 7) is 3.71. The average Bonchev–Trinajstić information content (AvgIpc) is 2.79. The molecule has 33 heavy (non-hydrogen) atoms. The van der Waals surface area contributed by atoms with Crippen molar-refractivity contribution >= 4 is 28.1 Å².